The molecule has 0 spiro atoms. The molecule has 1 heterocycles. The van der Waals surface area contributed by atoms with Crippen molar-refractivity contribution < 1.29 is 14.3 Å². The van der Waals surface area contributed by atoms with Gasteiger partial charge in [-0.2, -0.15) is 0 Å². The van der Waals surface area contributed by atoms with Gasteiger partial charge in [0.15, 0.2) is 0 Å². The molecule has 104 valence electrons. The van der Waals surface area contributed by atoms with E-state index in [1.165, 1.54) is 0 Å². The smallest absolute Gasteiger partial charge is 0.135 e. The highest BCUT2D eigenvalue weighted by atomic mass is 16.5. The number of nitrogens with zero attached hydrogens (tertiary/aromatic N) is 1. The lowest BCUT2D eigenvalue weighted by Gasteiger charge is -2.26. The highest BCUT2D eigenvalue weighted by Crippen LogP contribution is 2.24. The number of rotatable bonds is 5. The molecule has 0 aromatic heterocycles. The third-order valence-electron chi connectivity index (χ3n) is 3.60. The maximum absolute atomic E-state index is 11.2. The number of benzene rings is 1. The van der Waals surface area contributed by atoms with E-state index in [2.05, 4.69) is 4.90 Å². The zero-order valence-corrected chi connectivity index (χ0v) is 11.6. The molecular formula is C15H21NO3. The van der Waals surface area contributed by atoms with E-state index in [-0.39, 0.29) is 0 Å². The zero-order valence-electron chi connectivity index (χ0n) is 11.6. The normalized spacial score (nSPS) is 16.4. The van der Waals surface area contributed by atoms with Crippen LogP contribution in [0.4, 0.5) is 0 Å². The Bertz CT molecular complexity index is 435. The summed E-state index contributed by atoms with van der Waals surface area (Å²) in [6.45, 7) is 2.72. The van der Waals surface area contributed by atoms with Gasteiger partial charge in [-0.25, -0.2) is 0 Å². The fourth-order valence-electron chi connectivity index (χ4n) is 2.38. The Balaban J connectivity index is 1.96. The quantitative estimate of drug-likeness (QED) is 0.813. The van der Waals surface area contributed by atoms with Crippen molar-refractivity contribution in [3.8, 4) is 11.5 Å². The second kappa shape index (κ2) is 6.57. The molecule has 1 aromatic rings. The highest BCUT2D eigenvalue weighted by Gasteiger charge is 2.16. The molecule has 4 heteroatoms. The first-order valence-corrected chi connectivity index (χ1v) is 6.68. The summed E-state index contributed by atoms with van der Waals surface area (Å²) in [6.07, 6.45) is 2.29. The second-order valence-corrected chi connectivity index (χ2v) is 4.81. The van der Waals surface area contributed by atoms with E-state index >= 15 is 0 Å². The minimum atomic E-state index is 0.384. The van der Waals surface area contributed by atoms with Gasteiger partial charge in [0.1, 0.15) is 17.3 Å². The third kappa shape index (κ3) is 3.70. The van der Waals surface area contributed by atoms with Gasteiger partial charge in [-0.1, -0.05) is 0 Å². The fourth-order valence-corrected chi connectivity index (χ4v) is 2.38. The van der Waals surface area contributed by atoms with Crippen LogP contribution in [-0.4, -0.2) is 44.5 Å². The molecule has 0 atom stereocenters. The molecule has 0 radical (unpaired) electrons. The number of carbonyl (C=O) groups is 1. The van der Waals surface area contributed by atoms with E-state index in [0.29, 0.717) is 18.6 Å². The van der Waals surface area contributed by atoms with Gasteiger partial charge in [0, 0.05) is 32.5 Å². The summed E-state index contributed by atoms with van der Waals surface area (Å²) in [7, 11) is 3.35. The summed E-state index contributed by atoms with van der Waals surface area (Å²) in [5, 5.41) is 0. The summed E-state index contributed by atoms with van der Waals surface area (Å²) in [4.78, 5) is 13.5. The number of likely N-dealkylation sites (tertiary alicyclic amines) is 1. The summed E-state index contributed by atoms with van der Waals surface area (Å²) in [5.41, 5.74) is 1.15. The summed E-state index contributed by atoms with van der Waals surface area (Å²) in [6, 6.07) is 5.86. The van der Waals surface area contributed by atoms with Crippen molar-refractivity contribution in [1.29, 1.82) is 0 Å². The Morgan fingerprint density at radius 3 is 2.53 bits per heavy atom. The van der Waals surface area contributed by atoms with E-state index in [9.17, 15) is 4.79 Å². The Hall–Kier alpha value is -1.55. The number of carbonyl (C=O) groups excluding carboxylic acids is 1. The number of piperidine rings is 1. The molecular weight excluding hydrogens is 242 g/mol. The predicted molar refractivity (Wildman–Crippen MR) is 73.9 cm³/mol. The van der Waals surface area contributed by atoms with Gasteiger partial charge in [0.05, 0.1) is 14.2 Å². The lowest BCUT2D eigenvalue weighted by molar-refractivity contribution is -0.121. The van der Waals surface area contributed by atoms with Gasteiger partial charge < -0.3 is 14.4 Å². The molecule has 0 aliphatic carbocycles. The van der Waals surface area contributed by atoms with Crippen molar-refractivity contribution in [2.75, 3.05) is 33.9 Å². The van der Waals surface area contributed by atoms with E-state index in [0.717, 1.165) is 43.1 Å². The van der Waals surface area contributed by atoms with Gasteiger partial charge in [-0.05, 0) is 30.2 Å². The first-order chi connectivity index (χ1) is 9.22. The van der Waals surface area contributed by atoms with Gasteiger partial charge in [-0.15, -0.1) is 0 Å². The molecule has 1 aromatic carbocycles. The molecule has 1 aliphatic heterocycles. The van der Waals surface area contributed by atoms with E-state index in [1.54, 1.807) is 14.2 Å². The monoisotopic (exact) mass is 263 g/mol. The average molecular weight is 263 g/mol. The van der Waals surface area contributed by atoms with Crippen LogP contribution in [0.5, 0.6) is 11.5 Å². The Kier molecular flexibility index (Phi) is 4.80. The van der Waals surface area contributed by atoms with Crippen molar-refractivity contribution in [1.82, 2.24) is 4.90 Å². The molecule has 1 saturated heterocycles. The lowest BCUT2D eigenvalue weighted by Crippen LogP contribution is -2.35. The van der Waals surface area contributed by atoms with Crippen LogP contribution in [0.25, 0.3) is 0 Å². The largest absolute Gasteiger partial charge is 0.497 e. The zero-order chi connectivity index (χ0) is 13.7. The van der Waals surface area contributed by atoms with Crippen LogP contribution in [0.1, 0.15) is 18.4 Å². The SMILES string of the molecule is COc1ccc(OC)c(CCN2CCC(=O)CC2)c1. The van der Waals surface area contributed by atoms with Gasteiger partial charge in [-0.3, -0.25) is 4.79 Å². The number of hydrogen-bond acceptors (Lipinski definition) is 4. The summed E-state index contributed by atoms with van der Waals surface area (Å²) in [5.74, 6) is 2.13. The highest BCUT2D eigenvalue weighted by molar-refractivity contribution is 5.79. The molecule has 0 bridgehead atoms. The number of hydrogen-bond donors (Lipinski definition) is 0. The maximum atomic E-state index is 11.2. The minimum Gasteiger partial charge on any atom is -0.497 e. The van der Waals surface area contributed by atoms with Gasteiger partial charge in [0.25, 0.3) is 0 Å². The average Bonchev–Trinajstić information content (AvgIpc) is 2.46. The van der Waals surface area contributed by atoms with Crippen molar-refractivity contribution in [3.05, 3.63) is 23.8 Å². The van der Waals surface area contributed by atoms with Crippen molar-refractivity contribution in [2.45, 2.75) is 19.3 Å². The molecule has 2 rings (SSSR count). The third-order valence-corrected chi connectivity index (χ3v) is 3.60. The first kappa shape index (κ1) is 13.9. The van der Waals surface area contributed by atoms with Gasteiger partial charge >= 0.3 is 0 Å². The molecule has 1 aliphatic rings. The molecule has 0 saturated carbocycles. The molecule has 4 nitrogen and oxygen atoms in total. The number of Topliss-reactive ketones (excluding diaryl/α,β-unsaturated/α-hetero) is 1. The van der Waals surface area contributed by atoms with Crippen LogP contribution >= 0.6 is 0 Å². The summed E-state index contributed by atoms with van der Waals surface area (Å²) < 4.78 is 10.6. The Labute approximate surface area is 114 Å². The topological polar surface area (TPSA) is 38.8 Å². The number of ketones is 1. The number of ether oxygens (including phenoxy) is 2. The van der Waals surface area contributed by atoms with E-state index in [1.807, 2.05) is 18.2 Å². The fraction of sp³-hybridized carbons (Fsp3) is 0.533. The Morgan fingerprint density at radius 2 is 1.89 bits per heavy atom. The van der Waals surface area contributed by atoms with Crippen molar-refractivity contribution in [2.24, 2.45) is 0 Å². The molecule has 19 heavy (non-hydrogen) atoms. The van der Waals surface area contributed by atoms with Gasteiger partial charge in [0.2, 0.25) is 0 Å². The minimum absolute atomic E-state index is 0.384. The maximum Gasteiger partial charge on any atom is 0.135 e. The predicted octanol–water partition coefficient (Wildman–Crippen LogP) is 1.91. The second-order valence-electron chi connectivity index (χ2n) is 4.81. The lowest BCUT2D eigenvalue weighted by atomic mass is 10.1. The molecule has 1 fully saturated rings. The van der Waals surface area contributed by atoms with E-state index in [4.69, 9.17) is 9.47 Å². The van der Waals surface area contributed by atoms with Crippen molar-refractivity contribution >= 4 is 5.78 Å². The van der Waals surface area contributed by atoms with Crippen LogP contribution in [0.2, 0.25) is 0 Å². The van der Waals surface area contributed by atoms with Crippen LogP contribution in [-0.2, 0) is 11.2 Å². The molecule has 0 amide bonds. The van der Waals surface area contributed by atoms with Crippen LogP contribution < -0.4 is 9.47 Å². The number of methoxy groups -OCH3 is 2. The van der Waals surface area contributed by atoms with Crippen LogP contribution in [0.3, 0.4) is 0 Å². The Morgan fingerprint density at radius 1 is 1.16 bits per heavy atom. The first-order valence-electron chi connectivity index (χ1n) is 6.68. The van der Waals surface area contributed by atoms with Crippen LogP contribution in [0, 0.1) is 0 Å². The van der Waals surface area contributed by atoms with E-state index < -0.39 is 0 Å². The summed E-state index contributed by atoms with van der Waals surface area (Å²) >= 11 is 0. The standard InChI is InChI=1S/C15H21NO3/c1-18-14-3-4-15(19-2)12(11-14)5-8-16-9-6-13(17)7-10-16/h3-4,11H,5-10H2,1-2H3. The van der Waals surface area contributed by atoms with Crippen LogP contribution in [0.15, 0.2) is 18.2 Å². The molecule has 0 unspecified atom stereocenters. The van der Waals surface area contributed by atoms with Crippen molar-refractivity contribution in [3.63, 3.8) is 0 Å². The molecule has 0 N–H and O–H groups in total.